The van der Waals surface area contributed by atoms with Gasteiger partial charge in [-0.25, -0.2) is 9.37 Å². The predicted molar refractivity (Wildman–Crippen MR) is 77.4 cm³/mol. The van der Waals surface area contributed by atoms with E-state index in [0.29, 0.717) is 6.54 Å². The molecule has 2 aromatic heterocycles. The molecule has 22 heavy (non-hydrogen) atoms. The minimum absolute atomic E-state index is 0.00713. The number of aromatic amines is 1. The zero-order chi connectivity index (χ0) is 14.9. The molecule has 1 unspecified atom stereocenters. The van der Waals surface area contributed by atoms with Crippen LogP contribution in [0.3, 0.4) is 0 Å². The molecule has 0 radical (unpaired) electrons. The van der Waals surface area contributed by atoms with Gasteiger partial charge in [-0.05, 0) is 17.7 Å². The van der Waals surface area contributed by atoms with E-state index >= 15 is 0 Å². The van der Waals surface area contributed by atoms with E-state index in [0.717, 1.165) is 35.6 Å². The molecule has 1 aliphatic heterocycles. The molecule has 112 valence electrons. The summed E-state index contributed by atoms with van der Waals surface area (Å²) in [6.07, 6.45) is 4.21. The number of H-pyrrole nitrogens is 1. The highest BCUT2D eigenvalue weighted by molar-refractivity contribution is 5.32. The van der Waals surface area contributed by atoms with Crippen LogP contribution in [0.2, 0.25) is 0 Å². The third-order valence-corrected chi connectivity index (χ3v) is 4.07. The van der Waals surface area contributed by atoms with Crippen molar-refractivity contribution < 1.29 is 8.91 Å². The van der Waals surface area contributed by atoms with Crippen molar-refractivity contribution in [3.8, 4) is 0 Å². The lowest BCUT2D eigenvalue weighted by Crippen LogP contribution is -2.35. The highest BCUT2D eigenvalue weighted by Gasteiger charge is 2.31. The molecule has 6 heteroatoms. The van der Waals surface area contributed by atoms with Crippen molar-refractivity contribution in [3.63, 3.8) is 0 Å². The molecule has 0 saturated carbocycles. The van der Waals surface area contributed by atoms with E-state index in [-0.39, 0.29) is 11.9 Å². The average Bonchev–Trinajstić information content (AvgIpc) is 3.19. The Bertz CT molecular complexity index is 751. The Morgan fingerprint density at radius 1 is 1.27 bits per heavy atom. The molecule has 0 amide bonds. The van der Waals surface area contributed by atoms with E-state index in [1.54, 1.807) is 12.6 Å². The van der Waals surface area contributed by atoms with Gasteiger partial charge in [0, 0.05) is 31.3 Å². The summed E-state index contributed by atoms with van der Waals surface area (Å²) in [6, 6.07) is 8.48. The topological polar surface area (TPSA) is 58.0 Å². The number of imidazole rings is 1. The van der Waals surface area contributed by atoms with E-state index in [9.17, 15) is 4.39 Å². The number of hydrogen-bond acceptors (Lipinski definition) is 4. The molecule has 3 heterocycles. The fourth-order valence-electron chi connectivity index (χ4n) is 3.04. The largest absolute Gasteiger partial charge is 0.364 e. The molecule has 1 N–H and O–H groups in total. The first-order chi connectivity index (χ1) is 10.8. The van der Waals surface area contributed by atoms with E-state index in [1.807, 2.05) is 18.2 Å². The first-order valence-corrected chi connectivity index (χ1v) is 7.22. The fourth-order valence-corrected chi connectivity index (χ4v) is 3.04. The smallest absolute Gasteiger partial charge is 0.124 e. The van der Waals surface area contributed by atoms with Gasteiger partial charge in [0.15, 0.2) is 0 Å². The summed E-state index contributed by atoms with van der Waals surface area (Å²) in [5, 5.41) is 3.99. The van der Waals surface area contributed by atoms with Crippen LogP contribution in [-0.4, -0.2) is 26.6 Å². The predicted octanol–water partition coefficient (Wildman–Crippen LogP) is 2.68. The first kappa shape index (κ1) is 13.2. The van der Waals surface area contributed by atoms with Crippen LogP contribution in [0.4, 0.5) is 4.39 Å². The molecule has 0 saturated heterocycles. The van der Waals surface area contributed by atoms with Gasteiger partial charge < -0.3 is 9.51 Å². The minimum atomic E-state index is -0.232. The van der Waals surface area contributed by atoms with Gasteiger partial charge in [0.1, 0.15) is 12.1 Å². The van der Waals surface area contributed by atoms with E-state index in [4.69, 9.17) is 4.52 Å². The second kappa shape index (κ2) is 5.38. The van der Waals surface area contributed by atoms with Crippen molar-refractivity contribution in [1.29, 1.82) is 0 Å². The van der Waals surface area contributed by atoms with Crippen LogP contribution < -0.4 is 0 Å². The second-order valence-corrected chi connectivity index (χ2v) is 5.43. The molecule has 0 bridgehead atoms. The van der Waals surface area contributed by atoms with Gasteiger partial charge in [0.2, 0.25) is 0 Å². The molecule has 1 aromatic carbocycles. The van der Waals surface area contributed by atoms with Crippen LogP contribution in [0.5, 0.6) is 0 Å². The Kier molecular flexibility index (Phi) is 3.23. The molecule has 0 fully saturated rings. The molecule has 5 nitrogen and oxygen atoms in total. The molecule has 0 spiro atoms. The van der Waals surface area contributed by atoms with E-state index < -0.39 is 0 Å². The van der Waals surface area contributed by atoms with Gasteiger partial charge in [0.05, 0.1) is 23.8 Å². The lowest BCUT2D eigenvalue weighted by Gasteiger charge is -2.34. The van der Waals surface area contributed by atoms with Crippen LogP contribution in [-0.2, 0) is 13.0 Å². The van der Waals surface area contributed by atoms with E-state index in [1.165, 1.54) is 12.1 Å². The lowest BCUT2D eigenvalue weighted by atomic mass is 9.95. The summed E-state index contributed by atoms with van der Waals surface area (Å²) in [7, 11) is 0. The van der Waals surface area contributed by atoms with Crippen molar-refractivity contribution >= 4 is 0 Å². The minimum Gasteiger partial charge on any atom is -0.364 e. The maximum atomic E-state index is 13.2. The fraction of sp³-hybridized carbons (Fsp3) is 0.250. The Hall–Kier alpha value is -2.47. The van der Waals surface area contributed by atoms with Gasteiger partial charge in [-0.3, -0.25) is 4.90 Å². The second-order valence-electron chi connectivity index (χ2n) is 5.43. The standard InChI is InChI=1S/C16H15FN4O/c17-12-3-1-11(2-4-12)16-15-14(18-10-19-15)5-7-21(16)9-13-6-8-22-20-13/h1-4,6,8,10,16H,5,7,9H2,(H,18,19). The molecule has 1 aliphatic rings. The van der Waals surface area contributed by atoms with Gasteiger partial charge >= 0.3 is 0 Å². The Labute approximate surface area is 126 Å². The van der Waals surface area contributed by atoms with Crippen molar-refractivity contribution in [2.24, 2.45) is 0 Å². The Morgan fingerprint density at radius 3 is 2.91 bits per heavy atom. The van der Waals surface area contributed by atoms with Crippen molar-refractivity contribution in [2.45, 2.75) is 19.0 Å². The van der Waals surface area contributed by atoms with Crippen molar-refractivity contribution in [2.75, 3.05) is 6.54 Å². The molecule has 4 rings (SSSR count). The number of rotatable bonds is 3. The van der Waals surface area contributed by atoms with Gasteiger partial charge in [0.25, 0.3) is 0 Å². The van der Waals surface area contributed by atoms with Crippen molar-refractivity contribution in [3.05, 3.63) is 71.4 Å². The van der Waals surface area contributed by atoms with Gasteiger partial charge in [-0.2, -0.15) is 0 Å². The number of aromatic nitrogens is 3. The Morgan fingerprint density at radius 2 is 2.14 bits per heavy atom. The van der Waals surface area contributed by atoms with Crippen LogP contribution in [0.25, 0.3) is 0 Å². The molecular formula is C16H15FN4O. The van der Waals surface area contributed by atoms with Gasteiger partial charge in [-0.1, -0.05) is 17.3 Å². The van der Waals surface area contributed by atoms with Crippen LogP contribution in [0.15, 0.2) is 47.4 Å². The summed E-state index contributed by atoms with van der Waals surface area (Å²) in [6.45, 7) is 1.55. The number of fused-ring (bicyclic) bond motifs is 1. The summed E-state index contributed by atoms with van der Waals surface area (Å²) in [4.78, 5) is 9.97. The average molecular weight is 298 g/mol. The molecule has 0 aliphatic carbocycles. The monoisotopic (exact) mass is 298 g/mol. The molecule has 1 atom stereocenters. The normalized spacial score (nSPS) is 18.3. The zero-order valence-electron chi connectivity index (χ0n) is 11.9. The number of benzene rings is 1. The van der Waals surface area contributed by atoms with Gasteiger partial charge in [-0.15, -0.1) is 0 Å². The van der Waals surface area contributed by atoms with Crippen LogP contribution in [0.1, 0.15) is 28.7 Å². The SMILES string of the molecule is Fc1ccc(C2c3nc[nH]c3CCN2Cc2ccon2)cc1. The lowest BCUT2D eigenvalue weighted by molar-refractivity contribution is 0.194. The van der Waals surface area contributed by atoms with Crippen LogP contribution in [0, 0.1) is 5.82 Å². The van der Waals surface area contributed by atoms with E-state index in [2.05, 4.69) is 20.0 Å². The highest BCUT2D eigenvalue weighted by Crippen LogP contribution is 2.34. The first-order valence-electron chi connectivity index (χ1n) is 7.22. The maximum Gasteiger partial charge on any atom is 0.124 e. The molecular weight excluding hydrogens is 283 g/mol. The summed E-state index contributed by atoms with van der Waals surface area (Å²) in [5.74, 6) is -0.232. The summed E-state index contributed by atoms with van der Waals surface area (Å²) >= 11 is 0. The van der Waals surface area contributed by atoms with Crippen LogP contribution >= 0.6 is 0 Å². The number of halogens is 1. The maximum absolute atomic E-state index is 13.2. The number of hydrogen-bond donors (Lipinski definition) is 1. The highest BCUT2D eigenvalue weighted by atomic mass is 19.1. The number of nitrogens with one attached hydrogen (secondary N) is 1. The third-order valence-electron chi connectivity index (χ3n) is 4.07. The van der Waals surface area contributed by atoms with Crippen molar-refractivity contribution in [1.82, 2.24) is 20.0 Å². The third kappa shape index (κ3) is 2.31. The Balaban J connectivity index is 1.72. The summed E-state index contributed by atoms with van der Waals surface area (Å²) in [5.41, 5.74) is 4.05. The molecule has 3 aromatic rings. The summed E-state index contributed by atoms with van der Waals surface area (Å²) < 4.78 is 18.2. The number of nitrogens with zero attached hydrogens (tertiary/aromatic N) is 3. The zero-order valence-corrected chi connectivity index (χ0v) is 11.9. The quantitative estimate of drug-likeness (QED) is 0.807.